The van der Waals surface area contributed by atoms with E-state index in [9.17, 15) is 18.0 Å². The number of ketones is 1. The van der Waals surface area contributed by atoms with E-state index in [0.717, 1.165) is 18.7 Å². The zero-order valence-electron chi connectivity index (χ0n) is 17.1. The fraction of sp³-hybridized carbons (Fsp3) is 0.682. The minimum absolute atomic E-state index is 0.0648. The van der Waals surface area contributed by atoms with Gasteiger partial charge in [-0.2, -0.15) is 13.2 Å². The number of rotatable bonds is 8. The summed E-state index contributed by atoms with van der Waals surface area (Å²) in [5, 5.41) is 0. The molecule has 2 heterocycles. The third-order valence-corrected chi connectivity index (χ3v) is 6.14. The summed E-state index contributed by atoms with van der Waals surface area (Å²) in [5.41, 5.74) is 0.571. The van der Waals surface area contributed by atoms with E-state index >= 15 is 0 Å². The monoisotopic (exact) mass is 412 g/mol. The second-order valence-corrected chi connectivity index (χ2v) is 8.27. The maximum atomic E-state index is 12.7. The van der Waals surface area contributed by atoms with Crippen molar-refractivity contribution in [3.63, 3.8) is 0 Å². The molecule has 2 aliphatic rings. The number of ether oxygens (including phenoxy) is 1. The third-order valence-electron chi connectivity index (χ3n) is 6.14. The van der Waals surface area contributed by atoms with E-state index in [1.807, 2.05) is 4.90 Å². The molecular formula is C22H31F3N2O2. The molecule has 0 spiro atoms. The van der Waals surface area contributed by atoms with Gasteiger partial charge >= 0.3 is 6.18 Å². The maximum Gasteiger partial charge on any atom is 0.391 e. The van der Waals surface area contributed by atoms with Gasteiger partial charge < -0.3 is 9.64 Å². The van der Waals surface area contributed by atoms with Crippen LogP contribution in [0.15, 0.2) is 24.3 Å². The van der Waals surface area contributed by atoms with E-state index in [0.29, 0.717) is 31.3 Å². The third kappa shape index (κ3) is 6.44. The summed E-state index contributed by atoms with van der Waals surface area (Å²) in [4.78, 5) is 16.7. The molecule has 29 heavy (non-hydrogen) atoms. The molecule has 1 atom stereocenters. The van der Waals surface area contributed by atoms with Crippen molar-refractivity contribution >= 4 is 5.78 Å². The molecule has 0 amide bonds. The topological polar surface area (TPSA) is 32.8 Å². The van der Waals surface area contributed by atoms with Crippen molar-refractivity contribution in [1.29, 1.82) is 0 Å². The summed E-state index contributed by atoms with van der Waals surface area (Å²) >= 11 is 0. The Morgan fingerprint density at radius 2 is 1.79 bits per heavy atom. The lowest BCUT2D eigenvalue weighted by Gasteiger charge is -2.32. The van der Waals surface area contributed by atoms with Crippen LogP contribution in [0, 0.1) is 5.92 Å². The van der Waals surface area contributed by atoms with E-state index in [1.165, 1.54) is 19.4 Å². The first kappa shape index (κ1) is 22.1. The number of hydrogen-bond acceptors (Lipinski definition) is 4. The van der Waals surface area contributed by atoms with Crippen molar-refractivity contribution < 1.29 is 22.7 Å². The molecule has 2 saturated heterocycles. The first-order valence-electron chi connectivity index (χ1n) is 10.6. The van der Waals surface area contributed by atoms with Gasteiger partial charge in [-0.3, -0.25) is 9.69 Å². The molecule has 162 valence electrons. The Labute approximate surface area is 171 Å². The number of Topliss-reactive ketones (excluding diaryl/α,β-unsaturated/α-hetero) is 1. The standard InChI is InChI=1S/C22H31F3N2O2/c1-17-4-2-11-27(17)12-3-15-29-20-7-5-18(6-8-20)21(28)16-26-13-9-19(10-14-26)22(23,24)25/h5-8,17,19H,2-4,9-16H2,1H3/t17-/m1/s1. The van der Waals surface area contributed by atoms with Gasteiger partial charge in [0.15, 0.2) is 5.78 Å². The molecule has 0 aliphatic carbocycles. The molecule has 0 aromatic heterocycles. The number of hydrogen-bond donors (Lipinski definition) is 0. The Kier molecular flexibility index (Phi) is 7.57. The molecular weight excluding hydrogens is 381 g/mol. The summed E-state index contributed by atoms with van der Waals surface area (Å²) in [6.45, 7) is 5.92. The zero-order valence-corrected chi connectivity index (χ0v) is 17.1. The van der Waals surface area contributed by atoms with Crippen molar-refractivity contribution in [2.75, 3.05) is 39.3 Å². The smallest absolute Gasteiger partial charge is 0.391 e. The van der Waals surface area contributed by atoms with Gasteiger partial charge in [-0.15, -0.1) is 0 Å². The number of halogens is 3. The number of carbonyl (C=O) groups is 1. The van der Waals surface area contributed by atoms with Gasteiger partial charge in [0.05, 0.1) is 19.1 Å². The molecule has 2 aliphatic heterocycles. The molecule has 0 bridgehead atoms. The highest BCUT2D eigenvalue weighted by molar-refractivity contribution is 5.97. The Morgan fingerprint density at radius 1 is 1.10 bits per heavy atom. The highest BCUT2D eigenvalue weighted by Crippen LogP contribution is 2.34. The number of alkyl halides is 3. The van der Waals surface area contributed by atoms with E-state index in [4.69, 9.17) is 4.74 Å². The summed E-state index contributed by atoms with van der Waals surface area (Å²) in [6, 6.07) is 7.73. The maximum absolute atomic E-state index is 12.7. The number of nitrogens with zero attached hydrogens (tertiary/aromatic N) is 2. The van der Waals surface area contributed by atoms with Crippen LogP contribution in [-0.2, 0) is 0 Å². The molecule has 1 aromatic rings. The van der Waals surface area contributed by atoms with Gasteiger partial charge in [0, 0.05) is 18.2 Å². The van der Waals surface area contributed by atoms with Gasteiger partial charge in [-0.1, -0.05) is 0 Å². The Morgan fingerprint density at radius 3 is 2.38 bits per heavy atom. The molecule has 1 aromatic carbocycles. The van der Waals surface area contributed by atoms with Crippen molar-refractivity contribution in [1.82, 2.24) is 9.80 Å². The first-order valence-corrected chi connectivity index (χ1v) is 10.6. The lowest BCUT2D eigenvalue weighted by atomic mass is 9.96. The fourth-order valence-corrected chi connectivity index (χ4v) is 4.23. The summed E-state index contributed by atoms with van der Waals surface area (Å²) in [6.07, 6.45) is -0.467. The van der Waals surface area contributed by atoms with Crippen LogP contribution < -0.4 is 4.74 Å². The molecule has 0 radical (unpaired) electrons. The largest absolute Gasteiger partial charge is 0.494 e. The molecule has 0 saturated carbocycles. The molecule has 0 N–H and O–H groups in total. The number of benzene rings is 1. The summed E-state index contributed by atoms with van der Waals surface area (Å²) < 4.78 is 44.0. The molecule has 0 unspecified atom stereocenters. The van der Waals surface area contributed by atoms with Crippen LogP contribution in [0.5, 0.6) is 5.75 Å². The van der Waals surface area contributed by atoms with Crippen molar-refractivity contribution in [3.05, 3.63) is 29.8 Å². The Bertz CT molecular complexity index is 655. The number of piperidine rings is 1. The summed E-state index contributed by atoms with van der Waals surface area (Å²) in [5.74, 6) is -0.564. The van der Waals surface area contributed by atoms with Crippen LogP contribution in [0.1, 0.15) is 49.4 Å². The van der Waals surface area contributed by atoms with Gasteiger partial charge in [0.1, 0.15) is 5.75 Å². The quantitative estimate of drug-likeness (QED) is 0.468. The highest BCUT2D eigenvalue weighted by atomic mass is 19.4. The summed E-state index contributed by atoms with van der Waals surface area (Å²) in [7, 11) is 0. The Balaban J connectivity index is 1.37. The predicted molar refractivity (Wildman–Crippen MR) is 106 cm³/mol. The van der Waals surface area contributed by atoms with Gasteiger partial charge in [0.25, 0.3) is 0 Å². The van der Waals surface area contributed by atoms with E-state index in [2.05, 4.69) is 11.8 Å². The normalized spacial score (nSPS) is 22.1. The van der Waals surface area contributed by atoms with Crippen LogP contribution in [0.25, 0.3) is 0 Å². The van der Waals surface area contributed by atoms with Crippen molar-refractivity contribution in [2.24, 2.45) is 5.92 Å². The predicted octanol–water partition coefficient (Wildman–Crippen LogP) is 4.40. The van der Waals surface area contributed by atoms with Crippen LogP contribution in [0.2, 0.25) is 0 Å². The minimum Gasteiger partial charge on any atom is -0.494 e. The first-order chi connectivity index (χ1) is 13.8. The Hall–Kier alpha value is -1.60. The van der Waals surface area contributed by atoms with Crippen LogP contribution in [-0.4, -0.2) is 67.1 Å². The van der Waals surface area contributed by atoms with Crippen molar-refractivity contribution in [3.8, 4) is 5.75 Å². The van der Waals surface area contributed by atoms with Gasteiger partial charge in [-0.25, -0.2) is 0 Å². The fourth-order valence-electron chi connectivity index (χ4n) is 4.23. The number of carbonyl (C=O) groups excluding carboxylic acids is 1. The van der Waals surface area contributed by atoms with E-state index in [-0.39, 0.29) is 25.2 Å². The second-order valence-electron chi connectivity index (χ2n) is 8.27. The van der Waals surface area contributed by atoms with Crippen molar-refractivity contribution in [2.45, 2.75) is 51.2 Å². The van der Waals surface area contributed by atoms with E-state index in [1.54, 1.807) is 24.3 Å². The average Bonchev–Trinajstić information content (AvgIpc) is 3.10. The second kappa shape index (κ2) is 9.94. The van der Waals surface area contributed by atoms with Gasteiger partial charge in [0.2, 0.25) is 0 Å². The lowest BCUT2D eigenvalue weighted by Crippen LogP contribution is -2.41. The van der Waals surface area contributed by atoms with Crippen LogP contribution in [0.4, 0.5) is 13.2 Å². The molecule has 4 nitrogen and oxygen atoms in total. The minimum atomic E-state index is -4.13. The molecule has 7 heteroatoms. The number of likely N-dealkylation sites (tertiary alicyclic amines) is 2. The zero-order chi connectivity index (χ0) is 20.9. The van der Waals surface area contributed by atoms with Gasteiger partial charge in [-0.05, 0) is 82.9 Å². The highest BCUT2D eigenvalue weighted by Gasteiger charge is 2.41. The van der Waals surface area contributed by atoms with E-state index < -0.39 is 12.1 Å². The lowest BCUT2D eigenvalue weighted by molar-refractivity contribution is -0.184. The molecule has 3 rings (SSSR count). The van der Waals surface area contributed by atoms with Crippen LogP contribution >= 0.6 is 0 Å². The molecule has 2 fully saturated rings. The SMILES string of the molecule is C[C@@H]1CCCN1CCCOc1ccc(C(=O)CN2CCC(C(F)(F)F)CC2)cc1. The average molecular weight is 412 g/mol. The van der Waals surface area contributed by atoms with Crippen LogP contribution in [0.3, 0.4) is 0 Å².